The second kappa shape index (κ2) is 6.09. The largest absolute Gasteiger partial charge is 0.355 e. The van der Waals surface area contributed by atoms with Gasteiger partial charge in [0.1, 0.15) is 5.82 Å². The number of hydrogen-bond donors (Lipinski definition) is 0. The molecule has 132 valence electrons. The fourth-order valence-electron chi connectivity index (χ4n) is 3.31. The third-order valence-corrected chi connectivity index (χ3v) is 4.97. The Hall–Kier alpha value is -2.96. The highest BCUT2D eigenvalue weighted by atomic mass is 16.5. The molecule has 3 heterocycles. The van der Waals surface area contributed by atoms with E-state index >= 15 is 0 Å². The number of amides is 1. The van der Waals surface area contributed by atoms with Gasteiger partial charge in [0.25, 0.3) is 5.91 Å². The lowest BCUT2D eigenvalue weighted by Crippen LogP contribution is -2.34. The van der Waals surface area contributed by atoms with Crippen LogP contribution >= 0.6 is 0 Å². The lowest BCUT2D eigenvalue weighted by molar-refractivity contribution is 0.0748. The summed E-state index contributed by atoms with van der Waals surface area (Å²) in [7, 11) is 0. The summed E-state index contributed by atoms with van der Waals surface area (Å²) in [4.78, 5) is 19.3. The highest BCUT2D eigenvalue weighted by Gasteiger charge is 2.30. The fourth-order valence-corrected chi connectivity index (χ4v) is 3.31. The van der Waals surface area contributed by atoms with Crippen LogP contribution in [-0.2, 0) is 13.0 Å². The molecule has 0 atom stereocenters. The summed E-state index contributed by atoms with van der Waals surface area (Å²) in [5, 5.41) is 8.59. The zero-order chi connectivity index (χ0) is 17.5. The van der Waals surface area contributed by atoms with Crippen molar-refractivity contribution < 1.29 is 9.32 Å². The van der Waals surface area contributed by atoms with Gasteiger partial charge >= 0.3 is 0 Å². The van der Waals surface area contributed by atoms with Gasteiger partial charge in [-0.2, -0.15) is 5.10 Å². The highest BCUT2D eigenvalue weighted by Crippen LogP contribution is 2.38. The minimum absolute atomic E-state index is 0.107. The smallest absolute Gasteiger partial charge is 0.276 e. The molecule has 3 aromatic rings. The molecule has 1 amide bonds. The molecular weight excluding hydrogens is 330 g/mol. The van der Waals surface area contributed by atoms with Gasteiger partial charge in [-0.05, 0) is 12.8 Å². The van der Waals surface area contributed by atoms with Crippen LogP contribution in [0.4, 0.5) is 0 Å². The Labute approximate surface area is 150 Å². The van der Waals surface area contributed by atoms with Crippen LogP contribution in [0, 0.1) is 0 Å². The predicted molar refractivity (Wildman–Crippen MR) is 93.5 cm³/mol. The molecule has 0 spiro atoms. The molecule has 2 aromatic heterocycles. The van der Waals surface area contributed by atoms with Crippen LogP contribution in [-0.4, -0.2) is 43.8 Å². The lowest BCUT2D eigenvalue weighted by Gasteiger charge is -2.18. The van der Waals surface area contributed by atoms with Crippen LogP contribution < -0.4 is 0 Å². The van der Waals surface area contributed by atoms with Crippen molar-refractivity contribution in [3.8, 4) is 11.3 Å². The van der Waals surface area contributed by atoms with Crippen LogP contribution in [0.5, 0.6) is 0 Å². The molecule has 1 aliphatic heterocycles. The molecule has 0 saturated heterocycles. The maximum absolute atomic E-state index is 12.8. The van der Waals surface area contributed by atoms with Gasteiger partial charge in [-0.1, -0.05) is 35.5 Å². The monoisotopic (exact) mass is 349 g/mol. The molecule has 7 nitrogen and oxygen atoms in total. The molecule has 1 fully saturated rings. The summed E-state index contributed by atoms with van der Waals surface area (Å²) in [6.45, 7) is 1.90. The Morgan fingerprint density at radius 2 is 1.96 bits per heavy atom. The first-order valence-corrected chi connectivity index (χ1v) is 9.03. The summed E-state index contributed by atoms with van der Waals surface area (Å²) in [5.41, 5.74) is 1.25. The first kappa shape index (κ1) is 15.3. The number of benzene rings is 1. The summed E-state index contributed by atoms with van der Waals surface area (Å²) in [6, 6.07) is 11.4. The van der Waals surface area contributed by atoms with Crippen molar-refractivity contribution >= 4 is 5.91 Å². The molecule has 0 N–H and O–H groups in total. The molecule has 1 saturated carbocycles. The molecule has 0 bridgehead atoms. The molecule has 26 heavy (non-hydrogen) atoms. The van der Waals surface area contributed by atoms with E-state index in [2.05, 4.69) is 15.2 Å². The van der Waals surface area contributed by atoms with Gasteiger partial charge in [-0.25, -0.2) is 9.67 Å². The zero-order valence-electron chi connectivity index (χ0n) is 14.3. The second-order valence-electron chi connectivity index (χ2n) is 6.87. The van der Waals surface area contributed by atoms with Gasteiger partial charge in [0.05, 0.1) is 6.54 Å². The van der Waals surface area contributed by atoms with Gasteiger partial charge in [-0.3, -0.25) is 4.79 Å². The number of aromatic nitrogens is 4. The number of fused-ring (bicyclic) bond motifs is 1. The summed E-state index contributed by atoms with van der Waals surface area (Å²) < 4.78 is 7.32. The third kappa shape index (κ3) is 2.79. The number of nitrogens with zero attached hydrogens (tertiary/aromatic N) is 5. The molecule has 1 aliphatic carbocycles. The van der Waals surface area contributed by atoms with E-state index in [1.54, 1.807) is 11.0 Å². The zero-order valence-corrected chi connectivity index (χ0v) is 14.3. The van der Waals surface area contributed by atoms with Crippen LogP contribution in [0.1, 0.15) is 40.9 Å². The van der Waals surface area contributed by atoms with Gasteiger partial charge in [0.2, 0.25) is 0 Å². The van der Waals surface area contributed by atoms with E-state index in [9.17, 15) is 4.79 Å². The van der Waals surface area contributed by atoms with Crippen molar-refractivity contribution in [3.63, 3.8) is 0 Å². The highest BCUT2D eigenvalue weighted by molar-refractivity contribution is 5.93. The van der Waals surface area contributed by atoms with Crippen LogP contribution in [0.2, 0.25) is 0 Å². The van der Waals surface area contributed by atoms with Crippen molar-refractivity contribution in [1.29, 1.82) is 0 Å². The van der Waals surface area contributed by atoms with Crippen LogP contribution in [0.3, 0.4) is 0 Å². The Morgan fingerprint density at radius 3 is 2.77 bits per heavy atom. The second-order valence-corrected chi connectivity index (χ2v) is 6.87. The van der Waals surface area contributed by atoms with Gasteiger partial charge in [0.15, 0.2) is 17.3 Å². The van der Waals surface area contributed by atoms with Crippen molar-refractivity contribution in [3.05, 3.63) is 53.7 Å². The van der Waals surface area contributed by atoms with Crippen molar-refractivity contribution in [1.82, 2.24) is 24.8 Å². The van der Waals surface area contributed by atoms with E-state index in [-0.39, 0.29) is 5.91 Å². The summed E-state index contributed by atoms with van der Waals surface area (Å²) in [5.74, 6) is 3.01. The minimum atomic E-state index is -0.107. The van der Waals surface area contributed by atoms with Crippen LogP contribution in [0.25, 0.3) is 11.3 Å². The first-order valence-electron chi connectivity index (χ1n) is 9.03. The molecule has 2 aliphatic rings. The average Bonchev–Trinajstić information content (AvgIpc) is 3.33. The van der Waals surface area contributed by atoms with Gasteiger partial charge in [0, 0.05) is 37.1 Å². The number of carbonyl (C=O) groups excluding carboxylic acids is 1. The Kier molecular flexibility index (Phi) is 3.58. The van der Waals surface area contributed by atoms with E-state index in [1.165, 1.54) is 12.8 Å². The Balaban J connectivity index is 1.30. The standard InChI is InChI=1S/C19H19N5O2/c25-19(15-12-16(26-22-15)13-4-2-1-3-5-13)23-9-8-17-20-18(14-6-7-14)21-24(17)11-10-23/h1-5,12,14H,6-11H2. The fraction of sp³-hybridized carbons (Fsp3) is 0.368. The normalized spacial score (nSPS) is 17.0. The Morgan fingerprint density at radius 1 is 1.12 bits per heavy atom. The SMILES string of the molecule is O=C(c1cc(-c2ccccc2)on1)N1CCc2nc(C3CC3)nn2CC1. The van der Waals surface area contributed by atoms with E-state index in [4.69, 9.17) is 4.52 Å². The van der Waals surface area contributed by atoms with Crippen molar-refractivity contribution in [2.24, 2.45) is 0 Å². The molecular formula is C19H19N5O2. The number of hydrogen-bond acceptors (Lipinski definition) is 5. The van der Waals surface area contributed by atoms with E-state index in [0.717, 1.165) is 23.6 Å². The maximum Gasteiger partial charge on any atom is 0.276 e. The van der Waals surface area contributed by atoms with Crippen molar-refractivity contribution in [2.45, 2.75) is 31.7 Å². The molecule has 0 radical (unpaired) electrons. The lowest BCUT2D eigenvalue weighted by atomic mass is 10.1. The maximum atomic E-state index is 12.8. The topological polar surface area (TPSA) is 77.1 Å². The van der Waals surface area contributed by atoms with Crippen molar-refractivity contribution in [2.75, 3.05) is 13.1 Å². The van der Waals surface area contributed by atoms with Gasteiger partial charge < -0.3 is 9.42 Å². The average molecular weight is 349 g/mol. The summed E-state index contributed by atoms with van der Waals surface area (Å²) >= 11 is 0. The van der Waals surface area contributed by atoms with E-state index in [1.807, 2.05) is 35.0 Å². The third-order valence-electron chi connectivity index (χ3n) is 4.97. The quantitative estimate of drug-likeness (QED) is 0.726. The first-order chi connectivity index (χ1) is 12.8. The molecule has 5 rings (SSSR count). The Bertz CT molecular complexity index is 917. The predicted octanol–water partition coefficient (Wildman–Crippen LogP) is 2.51. The minimum Gasteiger partial charge on any atom is -0.355 e. The van der Waals surface area contributed by atoms with E-state index in [0.29, 0.717) is 37.0 Å². The molecule has 1 aromatic carbocycles. The molecule has 7 heteroatoms. The van der Waals surface area contributed by atoms with Crippen LogP contribution in [0.15, 0.2) is 40.9 Å². The molecule has 0 unspecified atom stereocenters. The number of carbonyl (C=O) groups is 1. The summed E-state index contributed by atoms with van der Waals surface area (Å²) in [6.07, 6.45) is 3.11. The number of rotatable bonds is 3. The van der Waals surface area contributed by atoms with E-state index < -0.39 is 0 Å². The van der Waals surface area contributed by atoms with Gasteiger partial charge in [-0.15, -0.1) is 0 Å².